The predicted molar refractivity (Wildman–Crippen MR) is 40.4 cm³/mol. The highest BCUT2D eigenvalue weighted by Gasteiger charge is 2.12. The predicted octanol–water partition coefficient (Wildman–Crippen LogP) is -0.713. The molecular formula is C6H9N5. The van der Waals surface area contributed by atoms with Gasteiger partial charge in [-0.25, -0.2) is 10.8 Å². The van der Waals surface area contributed by atoms with Crippen molar-refractivity contribution in [2.75, 3.05) is 0 Å². The lowest BCUT2D eigenvalue weighted by molar-refractivity contribution is 0.328. The van der Waals surface area contributed by atoms with Crippen LogP contribution in [0.3, 0.4) is 0 Å². The molecule has 0 fully saturated rings. The zero-order chi connectivity index (χ0) is 7.84. The third kappa shape index (κ3) is 0.857. The summed E-state index contributed by atoms with van der Waals surface area (Å²) in [4.78, 5) is 4.08. The number of hydrogen-bond donors (Lipinski definition) is 2. The van der Waals surface area contributed by atoms with Crippen molar-refractivity contribution in [3.8, 4) is 0 Å². The van der Waals surface area contributed by atoms with E-state index in [4.69, 9.17) is 11.6 Å². The summed E-state index contributed by atoms with van der Waals surface area (Å²) >= 11 is 0. The Morgan fingerprint density at radius 1 is 1.55 bits per heavy atom. The van der Waals surface area contributed by atoms with E-state index in [1.807, 2.05) is 10.8 Å². The van der Waals surface area contributed by atoms with E-state index in [1.165, 1.54) is 5.01 Å². The smallest absolute Gasteiger partial charge is 0.134 e. The zero-order valence-electron chi connectivity index (χ0n) is 5.94. The van der Waals surface area contributed by atoms with E-state index in [-0.39, 0.29) is 0 Å². The van der Waals surface area contributed by atoms with Crippen LogP contribution in [0.2, 0.25) is 0 Å². The zero-order valence-corrected chi connectivity index (χ0v) is 5.94. The molecular weight excluding hydrogens is 142 g/mol. The van der Waals surface area contributed by atoms with Crippen molar-refractivity contribution in [3.05, 3.63) is 24.0 Å². The van der Waals surface area contributed by atoms with Crippen molar-refractivity contribution in [2.24, 2.45) is 11.6 Å². The van der Waals surface area contributed by atoms with E-state index < -0.39 is 0 Å². The quantitative estimate of drug-likeness (QED) is 0.480. The van der Waals surface area contributed by atoms with Crippen LogP contribution in [0.1, 0.15) is 5.82 Å². The highest BCUT2D eigenvalue weighted by Crippen LogP contribution is 2.09. The van der Waals surface area contributed by atoms with Gasteiger partial charge in [-0.05, 0) is 0 Å². The lowest BCUT2D eigenvalue weighted by Crippen LogP contribution is -2.37. The third-order valence-corrected chi connectivity index (χ3v) is 1.66. The van der Waals surface area contributed by atoms with Gasteiger partial charge in [0.1, 0.15) is 11.6 Å². The molecule has 0 atom stereocenters. The molecule has 0 radical (unpaired) electrons. The molecule has 1 aromatic rings. The first-order chi connectivity index (χ1) is 5.27. The van der Waals surface area contributed by atoms with Crippen LogP contribution in [0, 0.1) is 0 Å². The van der Waals surface area contributed by atoms with Crippen molar-refractivity contribution < 1.29 is 0 Å². The Hall–Kier alpha value is -1.49. The second-order valence-electron chi connectivity index (χ2n) is 2.43. The van der Waals surface area contributed by atoms with Gasteiger partial charge in [0.25, 0.3) is 0 Å². The minimum absolute atomic E-state index is 0.551. The molecule has 1 aliphatic heterocycles. The summed E-state index contributed by atoms with van der Waals surface area (Å²) in [6, 6.07) is 0. The van der Waals surface area contributed by atoms with E-state index in [0.29, 0.717) is 12.4 Å². The van der Waals surface area contributed by atoms with Gasteiger partial charge >= 0.3 is 0 Å². The fraction of sp³-hybridized carbons (Fsp3) is 0.167. The number of nitrogens with two attached hydrogens (primary N) is 2. The average Bonchev–Trinajstić information content (AvgIpc) is 2.36. The number of nitrogens with zero attached hydrogens (tertiary/aromatic N) is 3. The molecule has 2 heterocycles. The first kappa shape index (κ1) is 6.23. The van der Waals surface area contributed by atoms with Crippen LogP contribution in [-0.2, 0) is 6.54 Å². The molecule has 0 saturated heterocycles. The summed E-state index contributed by atoms with van der Waals surface area (Å²) in [5.74, 6) is 6.99. The van der Waals surface area contributed by atoms with Crippen LogP contribution >= 0.6 is 0 Å². The van der Waals surface area contributed by atoms with Gasteiger partial charge < -0.3 is 10.3 Å². The summed E-state index contributed by atoms with van der Waals surface area (Å²) in [7, 11) is 0. The number of imidazole rings is 1. The molecule has 0 amide bonds. The molecule has 0 aliphatic carbocycles. The standard InChI is InChI=1S/C6H9N5/c7-5-3-10-2-1-9-6(10)4-11(5)8/h1-3H,4,7-8H2. The second-order valence-corrected chi connectivity index (χ2v) is 2.43. The van der Waals surface area contributed by atoms with E-state index in [9.17, 15) is 0 Å². The van der Waals surface area contributed by atoms with Gasteiger partial charge in [-0.15, -0.1) is 0 Å². The monoisotopic (exact) mass is 151 g/mol. The summed E-state index contributed by atoms with van der Waals surface area (Å²) in [6.45, 7) is 0.565. The fourth-order valence-electron chi connectivity index (χ4n) is 1.04. The van der Waals surface area contributed by atoms with Crippen LogP contribution in [0.4, 0.5) is 0 Å². The number of aromatic nitrogens is 2. The average molecular weight is 151 g/mol. The van der Waals surface area contributed by atoms with Crippen molar-refractivity contribution >= 4 is 6.20 Å². The Morgan fingerprint density at radius 3 is 3.18 bits per heavy atom. The van der Waals surface area contributed by atoms with Crippen LogP contribution < -0.4 is 11.6 Å². The summed E-state index contributed by atoms with van der Waals surface area (Å²) in [5.41, 5.74) is 5.57. The van der Waals surface area contributed by atoms with Gasteiger partial charge in [0.2, 0.25) is 0 Å². The largest absolute Gasteiger partial charge is 0.383 e. The molecule has 0 spiro atoms. The Morgan fingerprint density at radius 2 is 2.36 bits per heavy atom. The molecule has 11 heavy (non-hydrogen) atoms. The molecule has 1 aliphatic rings. The lowest BCUT2D eigenvalue weighted by atomic mass is 10.5. The van der Waals surface area contributed by atoms with Gasteiger partial charge in [0.15, 0.2) is 0 Å². The summed E-state index contributed by atoms with van der Waals surface area (Å²) in [5, 5.41) is 1.46. The molecule has 5 nitrogen and oxygen atoms in total. The maximum Gasteiger partial charge on any atom is 0.134 e. The molecule has 4 N–H and O–H groups in total. The molecule has 0 bridgehead atoms. The van der Waals surface area contributed by atoms with Crippen molar-refractivity contribution in [3.63, 3.8) is 0 Å². The molecule has 1 aromatic heterocycles. The molecule has 0 saturated carbocycles. The van der Waals surface area contributed by atoms with Gasteiger partial charge in [-0.1, -0.05) is 0 Å². The molecule has 0 aromatic carbocycles. The van der Waals surface area contributed by atoms with E-state index in [0.717, 1.165) is 5.82 Å². The van der Waals surface area contributed by atoms with Crippen LogP contribution in [-0.4, -0.2) is 14.6 Å². The summed E-state index contributed by atoms with van der Waals surface area (Å²) < 4.78 is 1.86. The second kappa shape index (κ2) is 2.00. The normalized spacial score (nSPS) is 16.1. The number of rotatable bonds is 0. The van der Waals surface area contributed by atoms with Gasteiger partial charge in [-0.3, -0.25) is 5.01 Å². The van der Waals surface area contributed by atoms with Crippen LogP contribution in [0.5, 0.6) is 0 Å². The van der Waals surface area contributed by atoms with Crippen molar-refractivity contribution in [2.45, 2.75) is 6.54 Å². The van der Waals surface area contributed by atoms with Crippen molar-refractivity contribution in [1.29, 1.82) is 0 Å². The minimum Gasteiger partial charge on any atom is -0.383 e. The van der Waals surface area contributed by atoms with Gasteiger partial charge in [0.05, 0.1) is 12.7 Å². The van der Waals surface area contributed by atoms with E-state index in [2.05, 4.69) is 4.98 Å². The van der Waals surface area contributed by atoms with E-state index >= 15 is 0 Å². The topological polar surface area (TPSA) is 73.1 Å². The van der Waals surface area contributed by atoms with Crippen LogP contribution in [0.15, 0.2) is 18.2 Å². The molecule has 0 unspecified atom stereocenters. The van der Waals surface area contributed by atoms with E-state index in [1.54, 1.807) is 12.4 Å². The van der Waals surface area contributed by atoms with Gasteiger partial charge in [0, 0.05) is 12.4 Å². The maximum absolute atomic E-state index is 5.57. The number of hydrazine groups is 1. The SMILES string of the molecule is NC1=Cn2ccnc2CN1N. The summed E-state index contributed by atoms with van der Waals surface area (Å²) in [6.07, 6.45) is 5.30. The number of hydrogen-bond acceptors (Lipinski definition) is 4. The minimum atomic E-state index is 0.551. The van der Waals surface area contributed by atoms with Crippen LogP contribution in [0.25, 0.3) is 6.20 Å². The van der Waals surface area contributed by atoms with Crippen molar-refractivity contribution in [1.82, 2.24) is 14.6 Å². The highest BCUT2D eigenvalue weighted by molar-refractivity contribution is 5.32. The van der Waals surface area contributed by atoms with Gasteiger partial charge in [-0.2, -0.15) is 0 Å². The number of fused-ring (bicyclic) bond motifs is 1. The Balaban J connectivity index is 2.47. The fourth-order valence-corrected chi connectivity index (χ4v) is 1.04. The highest BCUT2D eigenvalue weighted by atomic mass is 15.5. The molecule has 58 valence electrons. The Bertz CT molecular complexity index is 300. The molecule has 5 heteroatoms. The lowest BCUT2D eigenvalue weighted by Gasteiger charge is -2.22. The Labute approximate surface area is 63.9 Å². The maximum atomic E-state index is 5.57. The first-order valence-corrected chi connectivity index (χ1v) is 3.28. The first-order valence-electron chi connectivity index (χ1n) is 3.28. The Kier molecular flexibility index (Phi) is 1.13. The third-order valence-electron chi connectivity index (χ3n) is 1.66. The molecule has 2 rings (SSSR count).